The molecular formula is C12H9ClFNO. The van der Waals surface area contributed by atoms with Gasteiger partial charge in [0.15, 0.2) is 5.75 Å². The smallest absolute Gasteiger partial charge is 0.151 e. The number of nitrogens with two attached hydrogens (primary N) is 1. The van der Waals surface area contributed by atoms with E-state index in [0.29, 0.717) is 22.2 Å². The molecule has 16 heavy (non-hydrogen) atoms. The van der Waals surface area contributed by atoms with Gasteiger partial charge >= 0.3 is 0 Å². The molecule has 0 aliphatic rings. The van der Waals surface area contributed by atoms with Gasteiger partial charge in [-0.15, -0.1) is 0 Å². The summed E-state index contributed by atoms with van der Waals surface area (Å²) in [6, 6.07) is 10.8. The van der Waals surface area contributed by atoms with Crippen LogP contribution in [0.5, 0.6) is 11.5 Å². The molecular weight excluding hydrogens is 229 g/mol. The summed E-state index contributed by atoms with van der Waals surface area (Å²) in [6.07, 6.45) is 0. The molecule has 2 rings (SSSR count). The number of halogens is 2. The van der Waals surface area contributed by atoms with Crippen molar-refractivity contribution in [3.63, 3.8) is 0 Å². The first-order valence-electron chi connectivity index (χ1n) is 4.64. The van der Waals surface area contributed by atoms with E-state index in [0.717, 1.165) is 0 Å². The normalized spacial score (nSPS) is 10.1. The predicted molar refractivity (Wildman–Crippen MR) is 62.3 cm³/mol. The minimum Gasteiger partial charge on any atom is -0.455 e. The molecule has 0 spiro atoms. The summed E-state index contributed by atoms with van der Waals surface area (Å²) >= 11 is 5.84. The number of nitrogen functional groups attached to an aromatic ring is 1. The molecule has 82 valence electrons. The van der Waals surface area contributed by atoms with Crippen molar-refractivity contribution in [2.24, 2.45) is 0 Å². The lowest BCUT2D eigenvalue weighted by Gasteiger charge is -2.08. The van der Waals surface area contributed by atoms with Crippen molar-refractivity contribution in [3.8, 4) is 11.5 Å². The standard InChI is InChI=1S/C12H9ClFNO/c13-10-2-1-3-11(12(10)15)16-9-6-4-8(14)5-7-9/h1-7H,15H2. The van der Waals surface area contributed by atoms with E-state index in [9.17, 15) is 4.39 Å². The van der Waals surface area contributed by atoms with E-state index in [1.807, 2.05) is 0 Å². The van der Waals surface area contributed by atoms with Crippen LogP contribution < -0.4 is 10.5 Å². The van der Waals surface area contributed by atoms with Crippen LogP contribution in [0.25, 0.3) is 0 Å². The first-order valence-corrected chi connectivity index (χ1v) is 5.02. The van der Waals surface area contributed by atoms with Crippen molar-refractivity contribution in [2.75, 3.05) is 5.73 Å². The molecule has 0 aliphatic heterocycles. The maximum Gasteiger partial charge on any atom is 0.151 e. The molecule has 2 N–H and O–H groups in total. The fourth-order valence-electron chi connectivity index (χ4n) is 1.24. The second kappa shape index (κ2) is 4.41. The molecule has 0 aliphatic carbocycles. The number of benzene rings is 2. The van der Waals surface area contributed by atoms with Crippen molar-refractivity contribution < 1.29 is 9.13 Å². The van der Waals surface area contributed by atoms with Gasteiger partial charge in [-0.25, -0.2) is 4.39 Å². The summed E-state index contributed by atoms with van der Waals surface area (Å²) < 4.78 is 18.1. The number of hydrogen-bond acceptors (Lipinski definition) is 2. The van der Waals surface area contributed by atoms with E-state index >= 15 is 0 Å². The minimum absolute atomic E-state index is 0.314. The molecule has 0 saturated heterocycles. The number of hydrogen-bond donors (Lipinski definition) is 1. The van der Waals surface area contributed by atoms with Gasteiger partial charge in [-0.05, 0) is 36.4 Å². The Morgan fingerprint density at radius 2 is 1.75 bits per heavy atom. The van der Waals surface area contributed by atoms with Crippen LogP contribution in [-0.2, 0) is 0 Å². The van der Waals surface area contributed by atoms with Crippen LogP contribution in [-0.4, -0.2) is 0 Å². The first-order chi connectivity index (χ1) is 7.66. The van der Waals surface area contributed by atoms with Crippen molar-refractivity contribution in [1.29, 1.82) is 0 Å². The molecule has 2 aromatic carbocycles. The Labute approximate surface area is 97.4 Å². The number of ether oxygens (including phenoxy) is 1. The lowest BCUT2D eigenvalue weighted by atomic mass is 10.3. The Morgan fingerprint density at radius 1 is 1.06 bits per heavy atom. The Kier molecular flexibility index (Phi) is 2.97. The van der Waals surface area contributed by atoms with Crippen LogP contribution in [0.2, 0.25) is 5.02 Å². The molecule has 0 atom stereocenters. The summed E-state index contributed by atoms with van der Waals surface area (Å²) in [7, 11) is 0. The molecule has 0 radical (unpaired) electrons. The highest BCUT2D eigenvalue weighted by Crippen LogP contribution is 2.32. The van der Waals surface area contributed by atoms with Crippen LogP contribution in [0.15, 0.2) is 42.5 Å². The largest absolute Gasteiger partial charge is 0.455 e. The summed E-state index contributed by atoms with van der Waals surface area (Å²) in [5, 5.41) is 0.430. The molecule has 0 bridgehead atoms. The highest BCUT2D eigenvalue weighted by atomic mass is 35.5. The summed E-state index contributed by atoms with van der Waals surface area (Å²) in [6.45, 7) is 0. The zero-order valence-corrected chi connectivity index (χ0v) is 9.04. The number of rotatable bonds is 2. The van der Waals surface area contributed by atoms with Crippen LogP contribution >= 0.6 is 11.6 Å². The molecule has 0 heterocycles. The maximum absolute atomic E-state index is 12.7. The van der Waals surface area contributed by atoms with Gasteiger partial charge < -0.3 is 10.5 Å². The van der Waals surface area contributed by atoms with Crippen LogP contribution in [0.3, 0.4) is 0 Å². The fraction of sp³-hybridized carbons (Fsp3) is 0. The van der Waals surface area contributed by atoms with E-state index in [2.05, 4.69) is 0 Å². The lowest BCUT2D eigenvalue weighted by molar-refractivity contribution is 0.483. The molecule has 4 heteroatoms. The zero-order chi connectivity index (χ0) is 11.5. The summed E-state index contributed by atoms with van der Waals surface area (Å²) in [4.78, 5) is 0. The summed E-state index contributed by atoms with van der Waals surface area (Å²) in [5.41, 5.74) is 6.10. The number of para-hydroxylation sites is 1. The third-order valence-electron chi connectivity index (χ3n) is 2.05. The fourth-order valence-corrected chi connectivity index (χ4v) is 1.40. The Hall–Kier alpha value is -1.74. The van der Waals surface area contributed by atoms with Crippen LogP contribution in [0, 0.1) is 5.82 Å². The monoisotopic (exact) mass is 237 g/mol. The Balaban J connectivity index is 2.27. The van der Waals surface area contributed by atoms with Gasteiger partial charge in [-0.3, -0.25) is 0 Å². The van der Waals surface area contributed by atoms with Gasteiger partial charge in [0.25, 0.3) is 0 Å². The highest BCUT2D eigenvalue weighted by Gasteiger charge is 2.05. The van der Waals surface area contributed by atoms with Crippen molar-refractivity contribution in [2.45, 2.75) is 0 Å². The van der Waals surface area contributed by atoms with E-state index in [1.165, 1.54) is 24.3 Å². The van der Waals surface area contributed by atoms with Gasteiger partial charge in [0.05, 0.1) is 10.7 Å². The van der Waals surface area contributed by atoms with Crippen molar-refractivity contribution in [3.05, 3.63) is 53.3 Å². The Bertz CT molecular complexity index is 499. The van der Waals surface area contributed by atoms with Crippen molar-refractivity contribution >= 4 is 17.3 Å². The topological polar surface area (TPSA) is 35.2 Å². The maximum atomic E-state index is 12.7. The van der Waals surface area contributed by atoms with Gasteiger partial charge in [0.2, 0.25) is 0 Å². The van der Waals surface area contributed by atoms with E-state index in [-0.39, 0.29) is 5.82 Å². The Morgan fingerprint density at radius 3 is 2.44 bits per heavy atom. The van der Waals surface area contributed by atoms with Crippen LogP contribution in [0.4, 0.5) is 10.1 Å². The van der Waals surface area contributed by atoms with E-state index in [4.69, 9.17) is 22.1 Å². The van der Waals surface area contributed by atoms with Gasteiger partial charge in [0, 0.05) is 0 Å². The average molecular weight is 238 g/mol. The quantitative estimate of drug-likeness (QED) is 0.805. The molecule has 0 amide bonds. The highest BCUT2D eigenvalue weighted by molar-refractivity contribution is 6.33. The molecule has 0 saturated carbocycles. The van der Waals surface area contributed by atoms with Gasteiger partial charge in [-0.2, -0.15) is 0 Å². The molecule has 2 aromatic rings. The van der Waals surface area contributed by atoms with Crippen LogP contribution in [0.1, 0.15) is 0 Å². The first kappa shape index (κ1) is 10.8. The third-order valence-corrected chi connectivity index (χ3v) is 2.38. The lowest BCUT2D eigenvalue weighted by Crippen LogP contribution is -1.92. The zero-order valence-electron chi connectivity index (χ0n) is 8.28. The SMILES string of the molecule is Nc1c(Cl)cccc1Oc1ccc(F)cc1. The number of anilines is 1. The molecule has 0 aromatic heterocycles. The molecule has 2 nitrogen and oxygen atoms in total. The second-order valence-corrected chi connectivity index (χ2v) is 3.61. The van der Waals surface area contributed by atoms with Crippen molar-refractivity contribution in [1.82, 2.24) is 0 Å². The molecule has 0 fully saturated rings. The predicted octanol–water partition coefficient (Wildman–Crippen LogP) is 3.85. The van der Waals surface area contributed by atoms with E-state index < -0.39 is 0 Å². The van der Waals surface area contributed by atoms with Gasteiger partial charge in [-0.1, -0.05) is 17.7 Å². The molecule has 0 unspecified atom stereocenters. The van der Waals surface area contributed by atoms with Gasteiger partial charge in [0.1, 0.15) is 11.6 Å². The summed E-state index contributed by atoms with van der Waals surface area (Å²) in [5.74, 6) is 0.654. The van der Waals surface area contributed by atoms with E-state index in [1.54, 1.807) is 18.2 Å². The average Bonchev–Trinajstić information content (AvgIpc) is 2.28. The minimum atomic E-state index is -0.314. The third kappa shape index (κ3) is 2.25. The second-order valence-electron chi connectivity index (χ2n) is 3.21.